The molecule has 0 unspecified atom stereocenters. The van der Waals surface area contributed by atoms with Crippen LogP contribution in [0.1, 0.15) is 7.43 Å². The van der Waals surface area contributed by atoms with Gasteiger partial charge in [-0.2, -0.15) is 0 Å². The van der Waals surface area contributed by atoms with E-state index in [1.165, 1.54) is 13.2 Å². The summed E-state index contributed by atoms with van der Waals surface area (Å²) in [5.74, 6) is 0.590. The first-order chi connectivity index (χ1) is 7.74. The Morgan fingerprint density at radius 3 is 2.82 bits per heavy atom. The van der Waals surface area contributed by atoms with Gasteiger partial charge in [0.05, 0.1) is 7.11 Å². The van der Waals surface area contributed by atoms with Crippen LogP contribution >= 0.6 is 0 Å². The second-order valence-electron chi connectivity index (χ2n) is 3.01. The van der Waals surface area contributed by atoms with Crippen LogP contribution in [-0.4, -0.2) is 7.11 Å². The molecule has 0 fully saturated rings. The summed E-state index contributed by atoms with van der Waals surface area (Å²) in [5, 5.41) is 3.91. The molecule has 0 saturated heterocycles. The second-order valence-corrected chi connectivity index (χ2v) is 3.01. The highest BCUT2D eigenvalue weighted by atomic mass is 16.5. The van der Waals surface area contributed by atoms with Gasteiger partial charge in [0, 0.05) is 16.4 Å². The minimum absolute atomic E-state index is 0. The summed E-state index contributed by atoms with van der Waals surface area (Å²) >= 11 is 0. The number of hydrogen-bond acceptors (Lipinski definition) is 4. The zero-order valence-electron chi connectivity index (χ0n) is 8.38. The number of azide groups is 1. The van der Waals surface area contributed by atoms with Gasteiger partial charge in [-0.1, -0.05) is 12.5 Å². The van der Waals surface area contributed by atoms with Crippen molar-refractivity contribution in [2.24, 2.45) is 5.11 Å². The lowest BCUT2D eigenvalue weighted by Crippen LogP contribution is -1.97. The average molecular weight is 233 g/mol. The summed E-state index contributed by atoms with van der Waals surface area (Å²) in [4.78, 5) is 13.9. The number of fused-ring (bicyclic) bond motifs is 1. The number of rotatable bonds is 2. The lowest BCUT2D eigenvalue weighted by atomic mass is 10.2. The van der Waals surface area contributed by atoms with Crippen LogP contribution in [0.5, 0.6) is 5.75 Å². The Morgan fingerprint density at radius 2 is 2.18 bits per heavy atom. The molecule has 2 rings (SSSR count). The van der Waals surface area contributed by atoms with Gasteiger partial charge in [-0.15, -0.1) is 0 Å². The molecular formula is C11H11N3O3. The van der Waals surface area contributed by atoms with E-state index in [1.54, 1.807) is 18.2 Å². The van der Waals surface area contributed by atoms with Gasteiger partial charge in [-0.3, -0.25) is 0 Å². The van der Waals surface area contributed by atoms with Crippen molar-refractivity contribution in [2.45, 2.75) is 7.43 Å². The molecule has 0 bridgehead atoms. The first kappa shape index (κ1) is 12.6. The normalized spacial score (nSPS) is 9.24. The van der Waals surface area contributed by atoms with Gasteiger partial charge in [0.25, 0.3) is 0 Å². The van der Waals surface area contributed by atoms with Crippen LogP contribution in [0.2, 0.25) is 0 Å². The summed E-state index contributed by atoms with van der Waals surface area (Å²) in [5.41, 5.74) is 7.92. The van der Waals surface area contributed by atoms with Gasteiger partial charge < -0.3 is 9.15 Å². The number of benzene rings is 1. The van der Waals surface area contributed by atoms with Crippen LogP contribution in [0.15, 0.2) is 38.6 Å². The largest absolute Gasteiger partial charge is 0.497 e. The highest BCUT2D eigenvalue weighted by Gasteiger charge is 2.04. The summed E-state index contributed by atoms with van der Waals surface area (Å²) in [6.45, 7) is 0. The van der Waals surface area contributed by atoms with E-state index in [9.17, 15) is 4.79 Å². The van der Waals surface area contributed by atoms with E-state index in [0.29, 0.717) is 16.7 Å². The molecule has 1 aromatic heterocycles. The minimum atomic E-state index is -0.668. The third-order valence-corrected chi connectivity index (χ3v) is 2.08. The molecule has 6 heteroatoms. The second kappa shape index (κ2) is 5.05. The van der Waals surface area contributed by atoms with Crippen molar-refractivity contribution >= 4 is 16.7 Å². The fourth-order valence-electron chi connectivity index (χ4n) is 1.33. The van der Waals surface area contributed by atoms with E-state index < -0.39 is 5.63 Å². The number of nitrogens with zero attached hydrogens (tertiary/aromatic N) is 3. The summed E-state index contributed by atoms with van der Waals surface area (Å²) < 4.78 is 9.98. The summed E-state index contributed by atoms with van der Waals surface area (Å²) in [6.07, 6.45) is 0. The molecule has 0 spiro atoms. The molecule has 1 heterocycles. The molecular weight excluding hydrogens is 222 g/mol. The maximum Gasteiger partial charge on any atom is 0.345 e. The molecule has 17 heavy (non-hydrogen) atoms. The lowest BCUT2D eigenvalue weighted by molar-refractivity contribution is 0.414. The minimum Gasteiger partial charge on any atom is -0.497 e. The highest BCUT2D eigenvalue weighted by molar-refractivity contribution is 5.80. The fourth-order valence-corrected chi connectivity index (χ4v) is 1.33. The SMILES string of the molecule is C.COc1ccc2cc(N=[N+]=[N-])c(=O)oc2c1. The third-order valence-electron chi connectivity index (χ3n) is 2.08. The Bertz CT molecular complexity index is 642. The molecule has 0 aliphatic heterocycles. The number of methoxy groups -OCH3 is 1. The Hall–Kier alpha value is -2.46. The topological polar surface area (TPSA) is 88.2 Å². The molecule has 0 saturated carbocycles. The molecule has 0 radical (unpaired) electrons. The van der Waals surface area contributed by atoms with E-state index in [-0.39, 0.29) is 13.1 Å². The monoisotopic (exact) mass is 233 g/mol. The van der Waals surface area contributed by atoms with Gasteiger partial charge in [0.2, 0.25) is 0 Å². The maximum atomic E-state index is 11.4. The predicted octanol–water partition coefficient (Wildman–Crippen LogP) is 3.38. The van der Waals surface area contributed by atoms with Crippen molar-refractivity contribution < 1.29 is 9.15 Å². The molecule has 6 nitrogen and oxygen atoms in total. The van der Waals surface area contributed by atoms with E-state index in [4.69, 9.17) is 14.7 Å². The highest BCUT2D eigenvalue weighted by Crippen LogP contribution is 2.22. The maximum absolute atomic E-state index is 11.4. The summed E-state index contributed by atoms with van der Waals surface area (Å²) in [7, 11) is 1.52. The van der Waals surface area contributed by atoms with Crippen molar-refractivity contribution in [3.63, 3.8) is 0 Å². The van der Waals surface area contributed by atoms with E-state index in [1.807, 2.05) is 0 Å². The number of ether oxygens (including phenoxy) is 1. The van der Waals surface area contributed by atoms with Crippen molar-refractivity contribution in [3.8, 4) is 5.75 Å². The third kappa shape index (κ3) is 2.38. The molecule has 1 aromatic carbocycles. The first-order valence-corrected chi connectivity index (χ1v) is 4.41. The Morgan fingerprint density at radius 1 is 1.41 bits per heavy atom. The van der Waals surface area contributed by atoms with Crippen molar-refractivity contribution in [1.29, 1.82) is 0 Å². The van der Waals surface area contributed by atoms with E-state index in [0.717, 1.165) is 0 Å². The Balaban J connectivity index is 0.00000144. The van der Waals surface area contributed by atoms with Crippen LogP contribution in [0, 0.1) is 0 Å². The Labute approximate surface area is 97.1 Å². The van der Waals surface area contributed by atoms with Gasteiger partial charge in [-0.25, -0.2) is 4.79 Å². The molecule has 2 aromatic rings. The molecule has 0 atom stereocenters. The first-order valence-electron chi connectivity index (χ1n) is 4.41. The van der Waals surface area contributed by atoms with Crippen LogP contribution in [0.25, 0.3) is 21.4 Å². The van der Waals surface area contributed by atoms with Gasteiger partial charge in [-0.05, 0) is 23.7 Å². The zero-order valence-corrected chi connectivity index (χ0v) is 8.38. The van der Waals surface area contributed by atoms with Gasteiger partial charge in [0.1, 0.15) is 17.0 Å². The van der Waals surface area contributed by atoms with Crippen molar-refractivity contribution in [3.05, 3.63) is 45.1 Å². The zero-order chi connectivity index (χ0) is 11.5. The van der Waals surface area contributed by atoms with Crippen molar-refractivity contribution in [2.75, 3.05) is 7.11 Å². The van der Waals surface area contributed by atoms with Crippen LogP contribution < -0.4 is 10.4 Å². The summed E-state index contributed by atoms with van der Waals surface area (Å²) in [6, 6.07) is 6.51. The smallest absolute Gasteiger partial charge is 0.345 e. The lowest BCUT2D eigenvalue weighted by Gasteiger charge is -2.01. The molecule has 0 amide bonds. The predicted molar refractivity (Wildman–Crippen MR) is 64.6 cm³/mol. The quantitative estimate of drug-likeness (QED) is 0.344. The van der Waals surface area contributed by atoms with Crippen molar-refractivity contribution in [1.82, 2.24) is 0 Å². The average Bonchev–Trinajstić information content (AvgIpc) is 2.30. The standard InChI is InChI=1S/C10H7N3O3.CH4/c1-15-7-3-2-6-4-8(12-13-11)10(14)16-9(6)5-7;/h2-5H,1H3;1H4. The van der Waals surface area contributed by atoms with Gasteiger partial charge in [0.15, 0.2) is 0 Å². The van der Waals surface area contributed by atoms with E-state index >= 15 is 0 Å². The van der Waals surface area contributed by atoms with Crippen LogP contribution in [-0.2, 0) is 0 Å². The fraction of sp³-hybridized carbons (Fsp3) is 0.182. The molecule has 88 valence electrons. The molecule has 0 aliphatic rings. The van der Waals surface area contributed by atoms with E-state index in [2.05, 4.69) is 10.0 Å². The number of hydrogen-bond donors (Lipinski definition) is 0. The van der Waals surface area contributed by atoms with Gasteiger partial charge >= 0.3 is 5.63 Å². The van der Waals surface area contributed by atoms with Crippen LogP contribution in [0.3, 0.4) is 0 Å². The molecule has 0 aliphatic carbocycles. The Kier molecular flexibility index (Phi) is 3.74. The van der Waals surface area contributed by atoms with Crippen LogP contribution in [0.4, 0.5) is 5.69 Å². The molecule has 0 N–H and O–H groups in total.